The number of nitrogens with one attached hydrogen (secondary N) is 1. The first kappa shape index (κ1) is 22.2. The second-order valence-corrected chi connectivity index (χ2v) is 12.1. The standard InChI is InChI=1S/C25H31BrN4OS/c1-5-32-24-28-23-21(29-30-24)18-12-16(26)8-9-20(18)27-22(31-23)17-13-19-15(11-14(17)2)7-6-10-25(19,3)4/h7-9,12,14,17,19,22,27H,5-6,10-11,13H2,1-4H3. The van der Waals surface area contributed by atoms with Gasteiger partial charge in [-0.15, -0.1) is 10.2 Å². The van der Waals surface area contributed by atoms with Gasteiger partial charge in [-0.3, -0.25) is 0 Å². The lowest BCUT2D eigenvalue weighted by atomic mass is 9.59. The number of aromatic nitrogens is 3. The second kappa shape index (κ2) is 8.64. The van der Waals surface area contributed by atoms with E-state index in [2.05, 4.69) is 83.4 Å². The molecule has 0 spiro atoms. The quantitative estimate of drug-likeness (QED) is 0.353. The summed E-state index contributed by atoms with van der Waals surface area (Å²) < 4.78 is 7.65. The molecule has 5 rings (SSSR count). The van der Waals surface area contributed by atoms with Crippen molar-refractivity contribution in [1.82, 2.24) is 15.2 Å². The number of rotatable bonds is 3. The Kier molecular flexibility index (Phi) is 5.99. The highest BCUT2D eigenvalue weighted by atomic mass is 79.9. The molecule has 0 saturated heterocycles. The first-order chi connectivity index (χ1) is 15.4. The fraction of sp³-hybridized carbons (Fsp3) is 0.560. The van der Waals surface area contributed by atoms with Crippen LogP contribution in [-0.2, 0) is 0 Å². The Morgan fingerprint density at radius 3 is 2.94 bits per heavy atom. The molecule has 2 aromatic rings. The molecule has 7 heteroatoms. The van der Waals surface area contributed by atoms with Crippen LogP contribution in [0.3, 0.4) is 0 Å². The van der Waals surface area contributed by atoms with Crippen molar-refractivity contribution in [3.05, 3.63) is 34.3 Å². The molecule has 3 aliphatic rings. The van der Waals surface area contributed by atoms with Gasteiger partial charge in [0.1, 0.15) is 0 Å². The highest BCUT2D eigenvalue weighted by molar-refractivity contribution is 9.10. The molecule has 0 bridgehead atoms. The van der Waals surface area contributed by atoms with Crippen molar-refractivity contribution in [1.29, 1.82) is 0 Å². The number of allylic oxidation sites excluding steroid dienone is 2. The van der Waals surface area contributed by atoms with Crippen LogP contribution in [0.1, 0.15) is 53.4 Å². The summed E-state index contributed by atoms with van der Waals surface area (Å²) in [5.74, 6) is 3.01. The molecule has 1 N–H and O–H groups in total. The van der Waals surface area contributed by atoms with Crippen molar-refractivity contribution in [3.63, 3.8) is 0 Å². The van der Waals surface area contributed by atoms with E-state index in [4.69, 9.17) is 9.72 Å². The van der Waals surface area contributed by atoms with Gasteiger partial charge in [0, 0.05) is 21.6 Å². The first-order valence-electron chi connectivity index (χ1n) is 11.6. The van der Waals surface area contributed by atoms with Gasteiger partial charge in [-0.1, -0.05) is 67.0 Å². The minimum Gasteiger partial charge on any atom is -0.452 e. The fourth-order valence-corrected chi connectivity index (χ4v) is 6.53. The average Bonchev–Trinajstić information content (AvgIpc) is 2.89. The van der Waals surface area contributed by atoms with Gasteiger partial charge in [-0.2, -0.15) is 4.98 Å². The van der Waals surface area contributed by atoms with E-state index in [1.165, 1.54) is 12.8 Å². The molecule has 5 nitrogen and oxygen atoms in total. The van der Waals surface area contributed by atoms with Crippen LogP contribution in [0.25, 0.3) is 11.3 Å². The lowest BCUT2D eigenvalue weighted by Crippen LogP contribution is -2.45. The predicted molar refractivity (Wildman–Crippen MR) is 134 cm³/mol. The molecule has 1 fully saturated rings. The predicted octanol–water partition coefficient (Wildman–Crippen LogP) is 6.95. The monoisotopic (exact) mass is 514 g/mol. The molecular formula is C25H31BrN4OS. The smallest absolute Gasteiger partial charge is 0.247 e. The molecule has 32 heavy (non-hydrogen) atoms. The minimum absolute atomic E-state index is 0.151. The number of anilines is 1. The Bertz CT molecular complexity index is 1060. The Morgan fingerprint density at radius 2 is 2.12 bits per heavy atom. The number of nitrogens with zero attached hydrogens (tertiary/aromatic N) is 3. The molecule has 1 aromatic heterocycles. The highest BCUT2D eigenvalue weighted by Gasteiger charge is 2.45. The summed E-state index contributed by atoms with van der Waals surface area (Å²) in [6.45, 7) is 9.34. The Hall–Kier alpha value is -1.60. The molecule has 2 heterocycles. The van der Waals surface area contributed by atoms with Crippen molar-refractivity contribution in [2.75, 3.05) is 11.1 Å². The molecule has 1 aromatic carbocycles. The summed E-state index contributed by atoms with van der Waals surface area (Å²) >= 11 is 5.20. The number of halogens is 1. The van der Waals surface area contributed by atoms with Crippen molar-refractivity contribution < 1.29 is 4.74 Å². The van der Waals surface area contributed by atoms with Gasteiger partial charge in [0.2, 0.25) is 11.0 Å². The zero-order valence-electron chi connectivity index (χ0n) is 19.2. The lowest BCUT2D eigenvalue weighted by Gasteiger charge is -2.48. The van der Waals surface area contributed by atoms with E-state index in [0.29, 0.717) is 39.9 Å². The van der Waals surface area contributed by atoms with Gasteiger partial charge < -0.3 is 10.1 Å². The molecule has 4 unspecified atom stereocenters. The number of ether oxygens (including phenoxy) is 1. The maximum absolute atomic E-state index is 6.65. The van der Waals surface area contributed by atoms with E-state index in [1.807, 2.05) is 0 Å². The number of fused-ring (bicyclic) bond motifs is 4. The molecular weight excluding hydrogens is 484 g/mol. The summed E-state index contributed by atoms with van der Waals surface area (Å²) in [5.41, 5.74) is 4.71. The number of benzene rings is 1. The summed E-state index contributed by atoms with van der Waals surface area (Å²) in [6.07, 6.45) is 7.12. The SMILES string of the molecule is CCSc1nnc2c(n1)OC(C1CC3C(=CCCC3(C)C)CC1C)Nc1ccc(Br)cc1-2. The topological polar surface area (TPSA) is 59.9 Å². The van der Waals surface area contributed by atoms with Crippen molar-refractivity contribution in [2.24, 2.45) is 23.2 Å². The van der Waals surface area contributed by atoms with Gasteiger partial charge >= 0.3 is 0 Å². The summed E-state index contributed by atoms with van der Waals surface area (Å²) in [5, 5.41) is 13.3. The Balaban J connectivity index is 1.54. The highest BCUT2D eigenvalue weighted by Crippen LogP contribution is 2.52. The van der Waals surface area contributed by atoms with Crippen LogP contribution in [0.2, 0.25) is 0 Å². The largest absolute Gasteiger partial charge is 0.452 e. The van der Waals surface area contributed by atoms with Gasteiger partial charge in [0.05, 0.1) is 0 Å². The van der Waals surface area contributed by atoms with Gasteiger partial charge in [-0.25, -0.2) is 0 Å². The molecule has 0 radical (unpaired) electrons. The van der Waals surface area contributed by atoms with Crippen LogP contribution in [-0.4, -0.2) is 27.2 Å². The Morgan fingerprint density at radius 1 is 1.28 bits per heavy atom. The van der Waals surface area contributed by atoms with Crippen LogP contribution >= 0.6 is 27.7 Å². The zero-order valence-corrected chi connectivity index (χ0v) is 21.6. The van der Waals surface area contributed by atoms with E-state index in [0.717, 1.165) is 34.3 Å². The molecule has 1 saturated carbocycles. The summed E-state index contributed by atoms with van der Waals surface area (Å²) in [6, 6.07) is 6.24. The van der Waals surface area contributed by atoms with E-state index >= 15 is 0 Å². The third kappa shape index (κ3) is 4.07. The Labute approximate surface area is 203 Å². The molecule has 2 aliphatic carbocycles. The summed E-state index contributed by atoms with van der Waals surface area (Å²) in [7, 11) is 0. The first-order valence-corrected chi connectivity index (χ1v) is 13.4. The number of hydrogen-bond acceptors (Lipinski definition) is 6. The average molecular weight is 516 g/mol. The molecule has 4 atom stereocenters. The van der Waals surface area contributed by atoms with Gasteiger partial charge in [0.15, 0.2) is 11.9 Å². The third-order valence-electron chi connectivity index (χ3n) is 7.45. The second-order valence-electron chi connectivity index (χ2n) is 9.99. The number of thioether (sulfide) groups is 1. The van der Waals surface area contributed by atoms with Crippen molar-refractivity contribution >= 4 is 33.4 Å². The van der Waals surface area contributed by atoms with E-state index in [9.17, 15) is 0 Å². The van der Waals surface area contributed by atoms with Gasteiger partial charge in [-0.05, 0) is 66.9 Å². The van der Waals surface area contributed by atoms with Crippen LogP contribution in [0.4, 0.5) is 5.69 Å². The van der Waals surface area contributed by atoms with E-state index in [-0.39, 0.29) is 6.23 Å². The van der Waals surface area contributed by atoms with Crippen LogP contribution in [0, 0.1) is 23.2 Å². The molecule has 0 amide bonds. The minimum atomic E-state index is -0.151. The van der Waals surface area contributed by atoms with Crippen LogP contribution in [0.15, 0.2) is 39.5 Å². The van der Waals surface area contributed by atoms with E-state index < -0.39 is 0 Å². The fourth-order valence-electron chi connectivity index (χ4n) is 5.67. The maximum Gasteiger partial charge on any atom is 0.247 e. The normalized spacial score (nSPS) is 28.2. The van der Waals surface area contributed by atoms with Crippen LogP contribution < -0.4 is 10.1 Å². The van der Waals surface area contributed by atoms with Gasteiger partial charge in [0.25, 0.3) is 0 Å². The summed E-state index contributed by atoms with van der Waals surface area (Å²) in [4.78, 5) is 4.77. The van der Waals surface area contributed by atoms with Crippen LogP contribution in [0.5, 0.6) is 5.88 Å². The van der Waals surface area contributed by atoms with E-state index in [1.54, 1.807) is 17.3 Å². The molecule has 1 aliphatic heterocycles. The third-order valence-corrected chi connectivity index (χ3v) is 8.67. The number of hydrogen-bond donors (Lipinski definition) is 1. The van der Waals surface area contributed by atoms with Crippen molar-refractivity contribution in [2.45, 2.75) is 64.8 Å². The maximum atomic E-state index is 6.65. The van der Waals surface area contributed by atoms with Crippen molar-refractivity contribution in [3.8, 4) is 17.1 Å². The molecule has 170 valence electrons. The lowest BCUT2D eigenvalue weighted by molar-refractivity contribution is 0.0519. The zero-order chi connectivity index (χ0) is 22.5.